The zero-order valence-corrected chi connectivity index (χ0v) is 17.4. The second-order valence-corrected chi connectivity index (χ2v) is 8.42. The number of pyridine rings is 1. The lowest BCUT2D eigenvalue weighted by Gasteiger charge is -2.29. The summed E-state index contributed by atoms with van der Waals surface area (Å²) in [6.45, 7) is 2.69. The Labute approximate surface area is 174 Å². The smallest absolute Gasteiger partial charge is 0.261 e. The molecule has 1 fully saturated rings. The molecule has 6 heteroatoms. The number of aromatic amines is 1. The van der Waals surface area contributed by atoms with Gasteiger partial charge >= 0.3 is 0 Å². The van der Waals surface area contributed by atoms with Crippen molar-refractivity contribution in [3.63, 3.8) is 0 Å². The lowest BCUT2D eigenvalue weighted by molar-refractivity contribution is 0.0783. The first-order chi connectivity index (χ1) is 14.1. The fraction of sp³-hybridized carbons (Fsp3) is 0.304. The largest absolute Gasteiger partial charge is 0.372 e. The van der Waals surface area contributed by atoms with Crippen LogP contribution in [0.1, 0.15) is 35.2 Å². The molecule has 1 aliphatic rings. The summed E-state index contributed by atoms with van der Waals surface area (Å²) in [5.74, 6) is -0.274. The van der Waals surface area contributed by atoms with E-state index in [0.29, 0.717) is 6.54 Å². The Kier molecular flexibility index (Phi) is 5.81. The minimum atomic E-state index is -0.354. The quantitative estimate of drug-likeness (QED) is 0.683. The van der Waals surface area contributed by atoms with Gasteiger partial charge in [-0.15, -0.1) is 11.3 Å². The lowest BCUT2D eigenvalue weighted by atomic mass is 10.1. The monoisotopic (exact) mass is 407 g/mol. The summed E-state index contributed by atoms with van der Waals surface area (Å²) < 4.78 is 0. The average molecular weight is 408 g/mol. The van der Waals surface area contributed by atoms with Crippen LogP contribution in [-0.2, 0) is 6.54 Å². The van der Waals surface area contributed by atoms with Gasteiger partial charge < -0.3 is 14.8 Å². The third-order valence-electron chi connectivity index (χ3n) is 5.35. The molecule has 2 aromatic heterocycles. The molecular weight excluding hydrogens is 382 g/mol. The molecule has 5 nitrogen and oxygen atoms in total. The first-order valence-corrected chi connectivity index (χ1v) is 10.9. The van der Waals surface area contributed by atoms with E-state index >= 15 is 0 Å². The predicted octanol–water partition coefficient (Wildman–Crippen LogP) is 4.37. The van der Waals surface area contributed by atoms with Crippen molar-refractivity contribution >= 4 is 22.9 Å². The van der Waals surface area contributed by atoms with Crippen molar-refractivity contribution in [1.82, 2.24) is 9.88 Å². The van der Waals surface area contributed by atoms with E-state index in [1.165, 1.54) is 24.9 Å². The van der Waals surface area contributed by atoms with E-state index in [1.54, 1.807) is 35.4 Å². The summed E-state index contributed by atoms with van der Waals surface area (Å²) >= 11 is 1.55. The van der Waals surface area contributed by atoms with Crippen molar-refractivity contribution in [1.29, 1.82) is 0 Å². The molecule has 3 aromatic rings. The van der Waals surface area contributed by atoms with Gasteiger partial charge in [0.15, 0.2) is 0 Å². The SMILES string of the molecule is CN(Cc1ccc(N2CCCCC2)cc1)C(=O)c1ccc(-c2cccs2)[nH]c1=O. The van der Waals surface area contributed by atoms with Crippen LogP contribution in [0.5, 0.6) is 0 Å². The van der Waals surface area contributed by atoms with Gasteiger partial charge in [0, 0.05) is 32.4 Å². The number of carbonyl (C=O) groups excluding carboxylic acids is 1. The number of hydrogen-bond acceptors (Lipinski definition) is 4. The second kappa shape index (κ2) is 8.66. The van der Waals surface area contributed by atoms with Gasteiger partial charge in [-0.05, 0) is 60.5 Å². The molecule has 29 heavy (non-hydrogen) atoms. The molecule has 4 rings (SSSR count). The molecule has 0 radical (unpaired) electrons. The molecule has 0 aliphatic carbocycles. The van der Waals surface area contributed by atoms with Crippen molar-refractivity contribution in [2.75, 3.05) is 25.0 Å². The average Bonchev–Trinajstić information content (AvgIpc) is 3.29. The maximum absolute atomic E-state index is 12.8. The van der Waals surface area contributed by atoms with Gasteiger partial charge in [0.2, 0.25) is 0 Å². The van der Waals surface area contributed by atoms with E-state index in [4.69, 9.17) is 0 Å². The van der Waals surface area contributed by atoms with Gasteiger partial charge in [-0.1, -0.05) is 18.2 Å². The molecule has 1 N–H and O–H groups in total. The number of H-pyrrole nitrogens is 1. The fourth-order valence-electron chi connectivity index (χ4n) is 3.73. The maximum atomic E-state index is 12.8. The summed E-state index contributed by atoms with van der Waals surface area (Å²) in [7, 11) is 1.73. The first kappa shape index (κ1) is 19.5. The van der Waals surface area contributed by atoms with Gasteiger partial charge in [-0.3, -0.25) is 9.59 Å². The number of thiophene rings is 1. The molecule has 3 heterocycles. The number of benzene rings is 1. The zero-order valence-electron chi connectivity index (χ0n) is 16.6. The number of hydrogen-bond donors (Lipinski definition) is 1. The number of rotatable bonds is 5. The van der Waals surface area contributed by atoms with Gasteiger partial charge in [-0.25, -0.2) is 0 Å². The Morgan fingerprint density at radius 2 is 1.83 bits per heavy atom. The van der Waals surface area contributed by atoms with Gasteiger partial charge in [0.05, 0.1) is 10.6 Å². The molecule has 1 saturated heterocycles. The van der Waals surface area contributed by atoms with E-state index in [1.807, 2.05) is 17.5 Å². The number of aromatic nitrogens is 1. The number of nitrogens with zero attached hydrogens (tertiary/aromatic N) is 2. The number of amides is 1. The highest BCUT2D eigenvalue weighted by Gasteiger charge is 2.17. The maximum Gasteiger partial charge on any atom is 0.261 e. The van der Waals surface area contributed by atoms with E-state index in [2.05, 4.69) is 34.1 Å². The fourth-order valence-corrected chi connectivity index (χ4v) is 4.44. The van der Waals surface area contributed by atoms with Crippen LogP contribution < -0.4 is 10.5 Å². The Hall–Kier alpha value is -2.86. The van der Waals surface area contributed by atoms with Crippen LogP contribution in [-0.4, -0.2) is 35.9 Å². The van der Waals surface area contributed by atoms with E-state index in [9.17, 15) is 9.59 Å². The van der Waals surface area contributed by atoms with Crippen LogP contribution in [0.2, 0.25) is 0 Å². The lowest BCUT2D eigenvalue weighted by Crippen LogP contribution is -2.31. The predicted molar refractivity (Wildman–Crippen MR) is 119 cm³/mol. The Morgan fingerprint density at radius 1 is 1.07 bits per heavy atom. The number of carbonyl (C=O) groups is 1. The molecule has 0 spiro atoms. The zero-order chi connectivity index (χ0) is 20.2. The summed E-state index contributed by atoms with van der Waals surface area (Å²) in [6, 6.07) is 15.7. The van der Waals surface area contributed by atoms with E-state index in [0.717, 1.165) is 29.2 Å². The minimum Gasteiger partial charge on any atom is -0.372 e. The third-order valence-corrected chi connectivity index (χ3v) is 6.25. The third kappa shape index (κ3) is 4.43. The molecule has 0 unspecified atom stereocenters. The number of nitrogens with one attached hydrogen (secondary N) is 1. The summed E-state index contributed by atoms with van der Waals surface area (Å²) in [5.41, 5.74) is 2.83. The highest BCUT2D eigenvalue weighted by Crippen LogP contribution is 2.22. The minimum absolute atomic E-state index is 0.165. The van der Waals surface area contributed by atoms with Crippen molar-refractivity contribution in [2.45, 2.75) is 25.8 Å². The Bertz CT molecular complexity index is 1020. The van der Waals surface area contributed by atoms with Gasteiger partial charge in [0.1, 0.15) is 5.56 Å². The number of anilines is 1. The van der Waals surface area contributed by atoms with Crippen molar-refractivity contribution < 1.29 is 4.79 Å². The molecule has 1 aliphatic heterocycles. The summed E-state index contributed by atoms with van der Waals surface area (Å²) in [6.07, 6.45) is 3.81. The van der Waals surface area contributed by atoms with Crippen LogP contribution in [0.15, 0.2) is 58.7 Å². The molecule has 0 bridgehead atoms. The van der Waals surface area contributed by atoms with Crippen LogP contribution in [0.3, 0.4) is 0 Å². The van der Waals surface area contributed by atoms with E-state index < -0.39 is 0 Å². The Balaban J connectivity index is 1.43. The van der Waals surface area contributed by atoms with Crippen LogP contribution in [0, 0.1) is 0 Å². The molecule has 0 saturated carbocycles. The van der Waals surface area contributed by atoms with Crippen LogP contribution >= 0.6 is 11.3 Å². The highest BCUT2D eigenvalue weighted by molar-refractivity contribution is 7.13. The normalized spacial score (nSPS) is 14.0. The molecule has 0 atom stereocenters. The van der Waals surface area contributed by atoms with Crippen molar-refractivity contribution in [3.05, 3.63) is 75.4 Å². The first-order valence-electron chi connectivity index (χ1n) is 9.98. The van der Waals surface area contributed by atoms with Crippen molar-refractivity contribution in [3.8, 4) is 10.6 Å². The van der Waals surface area contributed by atoms with E-state index in [-0.39, 0.29) is 17.0 Å². The summed E-state index contributed by atoms with van der Waals surface area (Å²) in [4.78, 5) is 33.0. The van der Waals surface area contributed by atoms with Gasteiger partial charge in [-0.2, -0.15) is 0 Å². The standard InChI is InChI=1S/C23H25N3O2S/c1-25(16-17-7-9-18(10-8-17)26-13-3-2-4-14-26)23(28)19-11-12-20(24-22(19)27)21-6-5-15-29-21/h5-12,15H,2-4,13-14,16H2,1H3,(H,24,27). The second-order valence-electron chi connectivity index (χ2n) is 7.47. The van der Waals surface area contributed by atoms with Crippen LogP contribution in [0.25, 0.3) is 10.6 Å². The molecular formula is C23H25N3O2S. The Morgan fingerprint density at radius 3 is 2.48 bits per heavy atom. The number of piperidine rings is 1. The summed E-state index contributed by atoms with van der Waals surface area (Å²) in [5, 5.41) is 1.96. The molecule has 150 valence electrons. The van der Waals surface area contributed by atoms with Crippen LogP contribution in [0.4, 0.5) is 5.69 Å². The highest BCUT2D eigenvalue weighted by atomic mass is 32.1. The van der Waals surface area contributed by atoms with Gasteiger partial charge in [0.25, 0.3) is 11.5 Å². The van der Waals surface area contributed by atoms with Crippen molar-refractivity contribution in [2.24, 2.45) is 0 Å². The molecule has 1 aromatic carbocycles. The topological polar surface area (TPSA) is 56.4 Å². The molecule has 1 amide bonds.